The van der Waals surface area contributed by atoms with E-state index in [1.807, 2.05) is 0 Å². The average molecular weight is 402 g/mol. The largest absolute Gasteiger partial charge is 0.493 e. The van der Waals surface area contributed by atoms with Gasteiger partial charge in [-0.25, -0.2) is 0 Å². The lowest BCUT2D eigenvalue weighted by atomic mass is 10.1. The predicted octanol–water partition coefficient (Wildman–Crippen LogP) is 2.65. The predicted molar refractivity (Wildman–Crippen MR) is 103 cm³/mol. The Morgan fingerprint density at radius 2 is 2.04 bits per heavy atom. The number of para-hydroxylation sites is 1. The molecule has 0 spiro atoms. The molecule has 2 heterocycles. The summed E-state index contributed by atoms with van der Waals surface area (Å²) in [5.41, 5.74) is 0.592. The molecule has 0 bridgehead atoms. The first kappa shape index (κ1) is 19.6. The van der Waals surface area contributed by atoms with Crippen molar-refractivity contribution in [2.75, 3.05) is 20.8 Å². The fraction of sp³-hybridized carbons (Fsp3) is 0.211. The number of methoxy groups -OCH3 is 2. The Balaban J connectivity index is 1.71. The van der Waals surface area contributed by atoms with Gasteiger partial charge in [-0.15, -0.1) is 0 Å². The fourth-order valence-corrected chi connectivity index (χ4v) is 3.43. The third kappa shape index (κ3) is 4.20. The zero-order chi connectivity index (χ0) is 20.1. The lowest BCUT2D eigenvalue weighted by Gasteiger charge is -2.12. The van der Waals surface area contributed by atoms with Gasteiger partial charge in [0.15, 0.2) is 11.5 Å². The first-order valence-electron chi connectivity index (χ1n) is 8.29. The van der Waals surface area contributed by atoms with Crippen molar-refractivity contribution in [1.82, 2.24) is 10.2 Å². The second-order valence-corrected chi connectivity index (χ2v) is 6.70. The first-order valence-corrected chi connectivity index (χ1v) is 9.10. The molecular formula is C19H18N2O6S. The van der Waals surface area contributed by atoms with Crippen LogP contribution in [0, 0.1) is 0 Å². The van der Waals surface area contributed by atoms with Crippen LogP contribution in [-0.4, -0.2) is 42.7 Å². The van der Waals surface area contributed by atoms with Crippen molar-refractivity contribution >= 4 is 34.9 Å². The van der Waals surface area contributed by atoms with Crippen LogP contribution >= 0.6 is 11.8 Å². The number of imide groups is 1. The maximum atomic E-state index is 12.6. The summed E-state index contributed by atoms with van der Waals surface area (Å²) in [6, 6.07) is 8.64. The molecule has 0 atom stereocenters. The maximum absolute atomic E-state index is 12.6. The summed E-state index contributed by atoms with van der Waals surface area (Å²) in [6.07, 6.45) is 3.04. The van der Waals surface area contributed by atoms with E-state index in [-0.39, 0.29) is 18.0 Å². The molecule has 0 saturated carbocycles. The first-order chi connectivity index (χ1) is 13.5. The van der Waals surface area contributed by atoms with Gasteiger partial charge in [0.1, 0.15) is 12.3 Å². The van der Waals surface area contributed by atoms with Crippen LogP contribution in [0.2, 0.25) is 0 Å². The van der Waals surface area contributed by atoms with E-state index in [1.165, 1.54) is 20.5 Å². The van der Waals surface area contributed by atoms with Gasteiger partial charge >= 0.3 is 0 Å². The molecule has 0 radical (unpaired) electrons. The van der Waals surface area contributed by atoms with Crippen molar-refractivity contribution < 1.29 is 28.3 Å². The van der Waals surface area contributed by atoms with E-state index < -0.39 is 17.1 Å². The van der Waals surface area contributed by atoms with Crippen LogP contribution in [0.3, 0.4) is 0 Å². The quantitative estimate of drug-likeness (QED) is 0.711. The minimum Gasteiger partial charge on any atom is -0.493 e. The highest BCUT2D eigenvalue weighted by molar-refractivity contribution is 8.18. The zero-order valence-corrected chi connectivity index (χ0v) is 16.1. The molecule has 1 aliphatic rings. The van der Waals surface area contributed by atoms with Crippen molar-refractivity contribution in [3.63, 3.8) is 0 Å². The van der Waals surface area contributed by atoms with Crippen molar-refractivity contribution in [2.24, 2.45) is 0 Å². The molecule has 3 amide bonds. The molecule has 3 rings (SSSR count). The van der Waals surface area contributed by atoms with Gasteiger partial charge in [0.2, 0.25) is 5.91 Å². The summed E-state index contributed by atoms with van der Waals surface area (Å²) in [7, 11) is 3.00. The summed E-state index contributed by atoms with van der Waals surface area (Å²) < 4.78 is 15.7. The van der Waals surface area contributed by atoms with E-state index in [4.69, 9.17) is 13.9 Å². The van der Waals surface area contributed by atoms with E-state index in [0.717, 1.165) is 16.7 Å². The van der Waals surface area contributed by atoms with Crippen LogP contribution in [0.5, 0.6) is 11.5 Å². The van der Waals surface area contributed by atoms with Gasteiger partial charge in [0.05, 0.1) is 31.9 Å². The molecule has 0 unspecified atom stereocenters. The number of nitrogens with zero attached hydrogens (tertiary/aromatic N) is 1. The topological polar surface area (TPSA) is 98.1 Å². The smallest absolute Gasteiger partial charge is 0.294 e. The Morgan fingerprint density at radius 3 is 2.71 bits per heavy atom. The Morgan fingerprint density at radius 1 is 1.21 bits per heavy atom. The van der Waals surface area contributed by atoms with Crippen molar-refractivity contribution in [3.05, 3.63) is 52.8 Å². The molecule has 1 N–H and O–H groups in total. The molecule has 2 aromatic rings. The van der Waals surface area contributed by atoms with Crippen LogP contribution in [0.25, 0.3) is 6.08 Å². The molecule has 8 nitrogen and oxygen atoms in total. The minimum absolute atomic E-state index is 0.179. The van der Waals surface area contributed by atoms with Crippen molar-refractivity contribution in [2.45, 2.75) is 6.54 Å². The number of hydrogen-bond acceptors (Lipinski definition) is 7. The van der Waals surface area contributed by atoms with E-state index in [9.17, 15) is 14.4 Å². The summed E-state index contributed by atoms with van der Waals surface area (Å²) in [6.45, 7) is -0.184. The number of carbonyl (C=O) groups excluding carboxylic acids is 3. The highest BCUT2D eigenvalue weighted by Gasteiger charge is 2.36. The molecule has 1 aliphatic heterocycles. The molecule has 1 aromatic heterocycles. The van der Waals surface area contributed by atoms with Gasteiger partial charge in [-0.05, 0) is 36.0 Å². The van der Waals surface area contributed by atoms with Crippen molar-refractivity contribution in [3.8, 4) is 11.5 Å². The van der Waals surface area contributed by atoms with Gasteiger partial charge in [0.25, 0.3) is 11.1 Å². The van der Waals surface area contributed by atoms with E-state index >= 15 is 0 Å². The monoisotopic (exact) mass is 402 g/mol. The van der Waals surface area contributed by atoms with E-state index in [0.29, 0.717) is 22.8 Å². The third-order valence-electron chi connectivity index (χ3n) is 3.94. The normalized spacial score (nSPS) is 15.2. The second-order valence-electron chi connectivity index (χ2n) is 5.71. The number of furan rings is 1. The lowest BCUT2D eigenvalue weighted by molar-refractivity contribution is -0.129. The third-order valence-corrected chi connectivity index (χ3v) is 4.84. The Kier molecular flexibility index (Phi) is 6.05. The zero-order valence-electron chi connectivity index (χ0n) is 15.3. The molecule has 1 saturated heterocycles. The molecule has 28 heavy (non-hydrogen) atoms. The highest BCUT2D eigenvalue weighted by atomic mass is 32.2. The molecular weight excluding hydrogens is 384 g/mol. The molecule has 146 valence electrons. The van der Waals surface area contributed by atoms with Gasteiger partial charge < -0.3 is 19.2 Å². The number of amides is 3. The molecule has 0 aliphatic carbocycles. The standard InChI is InChI=1S/C19H18N2O6S/c1-25-14-7-3-5-12(17(14)26-2)9-15-18(23)21(19(24)28-15)11-16(22)20-10-13-6-4-8-27-13/h3-9H,10-11H2,1-2H3,(H,20,22)/b15-9-. The average Bonchev–Trinajstić information content (AvgIpc) is 3.30. The fourth-order valence-electron chi connectivity index (χ4n) is 2.60. The maximum Gasteiger partial charge on any atom is 0.294 e. The van der Waals surface area contributed by atoms with Crippen LogP contribution in [-0.2, 0) is 16.1 Å². The van der Waals surface area contributed by atoms with E-state index in [1.54, 1.807) is 36.4 Å². The summed E-state index contributed by atoms with van der Waals surface area (Å²) >= 11 is 0.771. The number of benzene rings is 1. The van der Waals surface area contributed by atoms with Gasteiger partial charge in [-0.1, -0.05) is 12.1 Å². The number of nitrogens with one attached hydrogen (secondary N) is 1. The minimum atomic E-state index is -0.534. The lowest BCUT2D eigenvalue weighted by Crippen LogP contribution is -2.39. The van der Waals surface area contributed by atoms with Gasteiger partial charge in [-0.2, -0.15) is 0 Å². The number of carbonyl (C=O) groups is 3. The molecule has 9 heteroatoms. The number of thioether (sulfide) groups is 1. The number of ether oxygens (including phenoxy) is 2. The SMILES string of the molecule is COc1cccc(/C=C2\SC(=O)N(CC(=O)NCc3ccco3)C2=O)c1OC. The molecule has 1 aromatic carbocycles. The number of hydrogen-bond donors (Lipinski definition) is 1. The van der Waals surface area contributed by atoms with Gasteiger partial charge in [0, 0.05) is 5.56 Å². The Bertz CT molecular complexity index is 923. The summed E-state index contributed by atoms with van der Waals surface area (Å²) in [5.74, 6) is 0.542. The van der Waals surface area contributed by atoms with Crippen LogP contribution in [0.1, 0.15) is 11.3 Å². The Hall–Kier alpha value is -3.20. The van der Waals surface area contributed by atoms with Crippen LogP contribution < -0.4 is 14.8 Å². The van der Waals surface area contributed by atoms with E-state index in [2.05, 4.69) is 5.32 Å². The Labute approximate surface area is 165 Å². The number of rotatable bonds is 7. The van der Waals surface area contributed by atoms with Crippen molar-refractivity contribution in [1.29, 1.82) is 0 Å². The highest BCUT2D eigenvalue weighted by Crippen LogP contribution is 2.37. The summed E-state index contributed by atoms with van der Waals surface area (Å²) in [4.78, 5) is 38.0. The summed E-state index contributed by atoms with van der Waals surface area (Å²) in [5, 5.41) is 2.10. The van der Waals surface area contributed by atoms with Gasteiger partial charge in [-0.3, -0.25) is 19.3 Å². The van der Waals surface area contributed by atoms with Crippen LogP contribution in [0.15, 0.2) is 45.9 Å². The second kappa shape index (κ2) is 8.66. The molecule has 1 fully saturated rings. The van der Waals surface area contributed by atoms with Crippen LogP contribution in [0.4, 0.5) is 4.79 Å².